The summed E-state index contributed by atoms with van der Waals surface area (Å²) < 4.78 is 5.52. The molecule has 110 valence electrons. The first kappa shape index (κ1) is 14.2. The zero-order chi connectivity index (χ0) is 14.7. The van der Waals surface area contributed by atoms with Gasteiger partial charge in [0.1, 0.15) is 5.75 Å². The minimum atomic E-state index is -0.281. The number of fused-ring (bicyclic) bond motifs is 1. The van der Waals surface area contributed by atoms with Crippen LogP contribution in [0.2, 0.25) is 0 Å². The lowest BCUT2D eigenvalue weighted by molar-refractivity contribution is 0.165. The van der Waals surface area contributed by atoms with Gasteiger partial charge in [0.25, 0.3) is 0 Å². The smallest absolute Gasteiger partial charge is 0.122 e. The van der Waals surface area contributed by atoms with Gasteiger partial charge in [0, 0.05) is 6.42 Å². The van der Waals surface area contributed by atoms with Crippen LogP contribution < -0.4 is 4.74 Å². The second kappa shape index (κ2) is 6.31. The predicted octanol–water partition coefficient (Wildman–Crippen LogP) is 3.47. The molecule has 1 unspecified atom stereocenters. The van der Waals surface area contributed by atoms with E-state index in [-0.39, 0.29) is 6.10 Å². The maximum absolute atomic E-state index is 10.2. The Hall–Kier alpha value is -1.80. The Bertz CT molecular complexity index is 619. The Morgan fingerprint density at radius 2 is 2.05 bits per heavy atom. The van der Waals surface area contributed by atoms with E-state index in [0.717, 1.165) is 38.0 Å². The fourth-order valence-electron chi connectivity index (χ4n) is 2.94. The first-order valence-electron chi connectivity index (χ1n) is 7.69. The van der Waals surface area contributed by atoms with Gasteiger partial charge >= 0.3 is 0 Å². The number of ether oxygens (including phenoxy) is 1. The minimum Gasteiger partial charge on any atom is -0.493 e. The number of hydrogen-bond donors (Lipinski definition) is 1. The third-order valence-electron chi connectivity index (χ3n) is 4.07. The third-order valence-corrected chi connectivity index (χ3v) is 4.07. The number of benzene rings is 2. The fraction of sp³-hybridized carbons (Fsp3) is 0.368. The van der Waals surface area contributed by atoms with Crippen molar-refractivity contribution in [2.24, 2.45) is 0 Å². The van der Waals surface area contributed by atoms with Gasteiger partial charge < -0.3 is 9.84 Å². The zero-order valence-electron chi connectivity index (χ0n) is 12.5. The second-order valence-corrected chi connectivity index (χ2v) is 5.93. The van der Waals surface area contributed by atoms with Gasteiger partial charge in [0.15, 0.2) is 0 Å². The van der Waals surface area contributed by atoms with Crippen molar-refractivity contribution in [3.63, 3.8) is 0 Å². The van der Waals surface area contributed by atoms with Gasteiger partial charge in [-0.25, -0.2) is 0 Å². The predicted molar refractivity (Wildman–Crippen MR) is 84.9 cm³/mol. The average molecular weight is 282 g/mol. The standard InChI is InChI=1S/C19H22O2/c1-14-3-2-4-16(11-14)13-18(20)7-5-15-6-8-19-17(12-15)9-10-21-19/h2-4,6,8,11-12,18,20H,5,7,9-10,13H2,1H3. The maximum atomic E-state index is 10.2. The van der Waals surface area contributed by atoms with Crippen LogP contribution in [0.5, 0.6) is 5.75 Å². The molecule has 0 saturated carbocycles. The largest absolute Gasteiger partial charge is 0.493 e. The Balaban J connectivity index is 1.55. The lowest BCUT2D eigenvalue weighted by Crippen LogP contribution is -2.11. The van der Waals surface area contributed by atoms with Gasteiger partial charge in [-0.2, -0.15) is 0 Å². The Morgan fingerprint density at radius 3 is 2.90 bits per heavy atom. The molecule has 1 aliphatic heterocycles. The molecule has 1 atom stereocenters. The van der Waals surface area contributed by atoms with Gasteiger partial charge in [0.05, 0.1) is 12.7 Å². The number of rotatable bonds is 5. The van der Waals surface area contributed by atoms with Crippen molar-refractivity contribution >= 4 is 0 Å². The molecule has 3 rings (SSSR count). The molecule has 0 radical (unpaired) electrons. The zero-order valence-corrected chi connectivity index (χ0v) is 12.5. The molecule has 1 aliphatic rings. The third kappa shape index (κ3) is 3.64. The monoisotopic (exact) mass is 282 g/mol. The Morgan fingerprint density at radius 1 is 1.14 bits per heavy atom. The van der Waals surface area contributed by atoms with Crippen molar-refractivity contribution in [1.82, 2.24) is 0 Å². The molecule has 2 aromatic rings. The fourth-order valence-corrected chi connectivity index (χ4v) is 2.94. The van der Waals surface area contributed by atoms with Crippen molar-refractivity contribution in [1.29, 1.82) is 0 Å². The highest BCUT2D eigenvalue weighted by Gasteiger charge is 2.13. The van der Waals surface area contributed by atoms with Crippen LogP contribution >= 0.6 is 0 Å². The summed E-state index contributed by atoms with van der Waals surface area (Å²) in [6.07, 6.45) is 3.18. The summed E-state index contributed by atoms with van der Waals surface area (Å²) >= 11 is 0. The topological polar surface area (TPSA) is 29.5 Å². The lowest BCUT2D eigenvalue weighted by Gasteiger charge is -2.11. The van der Waals surface area contributed by atoms with Crippen molar-refractivity contribution in [3.05, 3.63) is 64.7 Å². The van der Waals surface area contributed by atoms with Gasteiger partial charge in [-0.3, -0.25) is 0 Å². The summed E-state index contributed by atoms with van der Waals surface area (Å²) in [5.41, 5.74) is 5.06. The van der Waals surface area contributed by atoms with E-state index in [9.17, 15) is 5.11 Å². The molecule has 0 saturated heterocycles. The summed E-state index contributed by atoms with van der Waals surface area (Å²) in [6, 6.07) is 14.8. The number of hydrogen-bond acceptors (Lipinski definition) is 2. The molecule has 1 N–H and O–H groups in total. The van der Waals surface area contributed by atoms with E-state index in [1.165, 1.54) is 22.3 Å². The molecule has 0 aliphatic carbocycles. The van der Waals surface area contributed by atoms with E-state index >= 15 is 0 Å². The van der Waals surface area contributed by atoms with Crippen LogP contribution in [-0.2, 0) is 19.3 Å². The molecule has 0 aromatic heterocycles. The molecule has 2 heteroatoms. The number of aliphatic hydroxyl groups is 1. The van der Waals surface area contributed by atoms with Crippen LogP contribution in [0.3, 0.4) is 0 Å². The van der Waals surface area contributed by atoms with Gasteiger partial charge in [-0.1, -0.05) is 42.0 Å². The lowest BCUT2D eigenvalue weighted by atomic mass is 9.99. The molecular weight excluding hydrogens is 260 g/mol. The van der Waals surface area contributed by atoms with Crippen LogP contribution in [0.15, 0.2) is 42.5 Å². The van der Waals surface area contributed by atoms with Crippen LogP contribution in [0.25, 0.3) is 0 Å². The average Bonchev–Trinajstić information content (AvgIpc) is 2.92. The minimum absolute atomic E-state index is 0.281. The summed E-state index contributed by atoms with van der Waals surface area (Å²) in [5.74, 6) is 1.03. The Kier molecular flexibility index (Phi) is 4.26. The highest BCUT2D eigenvalue weighted by molar-refractivity contribution is 5.39. The quantitative estimate of drug-likeness (QED) is 0.910. The van der Waals surface area contributed by atoms with E-state index in [1.807, 2.05) is 0 Å². The molecule has 2 nitrogen and oxygen atoms in total. The highest BCUT2D eigenvalue weighted by atomic mass is 16.5. The van der Waals surface area contributed by atoms with Crippen molar-refractivity contribution in [2.75, 3.05) is 6.61 Å². The molecule has 1 heterocycles. The van der Waals surface area contributed by atoms with Crippen molar-refractivity contribution in [2.45, 2.75) is 38.7 Å². The molecule has 21 heavy (non-hydrogen) atoms. The number of aliphatic hydroxyl groups excluding tert-OH is 1. The van der Waals surface area contributed by atoms with E-state index in [2.05, 4.69) is 49.4 Å². The molecule has 0 bridgehead atoms. The SMILES string of the molecule is Cc1cccc(CC(O)CCc2ccc3c(c2)CCO3)c1. The van der Waals surface area contributed by atoms with E-state index in [4.69, 9.17) is 4.74 Å². The van der Waals surface area contributed by atoms with Crippen molar-refractivity contribution < 1.29 is 9.84 Å². The Labute approximate surface area is 126 Å². The number of aryl methyl sites for hydroxylation is 2. The highest BCUT2D eigenvalue weighted by Crippen LogP contribution is 2.26. The van der Waals surface area contributed by atoms with Crippen LogP contribution in [0.4, 0.5) is 0 Å². The van der Waals surface area contributed by atoms with E-state index in [1.54, 1.807) is 0 Å². The normalized spacial score (nSPS) is 14.6. The molecule has 2 aromatic carbocycles. The maximum Gasteiger partial charge on any atom is 0.122 e. The van der Waals surface area contributed by atoms with Gasteiger partial charge in [-0.15, -0.1) is 0 Å². The van der Waals surface area contributed by atoms with Crippen LogP contribution in [-0.4, -0.2) is 17.8 Å². The van der Waals surface area contributed by atoms with Gasteiger partial charge in [-0.05, 0) is 48.9 Å². The van der Waals surface area contributed by atoms with Crippen molar-refractivity contribution in [3.8, 4) is 5.75 Å². The second-order valence-electron chi connectivity index (χ2n) is 5.93. The molecular formula is C19H22O2. The summed E-state index contributed by atoms with van der Waals surface area (Å²) in [7, 11) is 0. The first-order chi connectivity index (χ1) is 10.2. The summed E-state index contributed by atoms with van der Waals surface area (Å²) in [4.78, 5) is 0. The van der Waals surface area contributed by atoms with Crippen LogP contribution in [0.1, 0.15) is 28.7 Å². The summed E-state index contributed by atoms with van der Waals surface area (Å²) in [6.45, 7) is 2.89. The van der Waals surface area contributed by atoms with Gasteiger partial charge in [0.2, 0.25) is 0 Å². The van der Waals surface area contributed by atoms with Crippen LogP contribution in [0, 0.1) is 6.92 Å². The molecule has 0 spiro atoms. The van der Waals surface area contributed by atoms with E-state index < -0.39 is 0 Å². The molecule has 0 fully saturated rings. The first-order valence-corrected chi connectivity index (χ1v) is 7.69. The molecule has 0 amide bonds. The summed E-state index contributed by atoms with van der Waals surface area (Å²) in [5, 5.41) is 10.2. The van der Waals surface area contributed by atoms with E-state index in [0.29, 0.717) is 0 Å².